The molecule has 0 aromatic heterocycles. The zero-order valence-corrected chi connectivity index (χ0v) is 25.6. The molecule has 11 heteroatoms. The van der Waals surface area contributed by atoms with Gasteiger partial charge < -0.3 is 10.2 Å². The minimum atomic E-state index is -3.96. The Labute approximate surface area is 251 Å². The van der Waals surface area contributed by atoms with Crippen LogP contribution in [0.1, 0.15) is 31.4 Å². The van der Waals surface area contributed by atoms with Gasteiger partial charge in [0.1, 0.15) is 12.6 Å². The second kappa shape index (κ2) is 14.2. The van der Waals surface area contributed by atoms with Crippen LogP contribution < -0.4 is 9.62 Å². The number of hydrogen-bond donors (Lipinski definition) is 1. The molecule has 2 unspecified atom stereocenters. The van der Waals surface area contributed by atoms with Crippen molar-refractivity contribution in [1.82, 2.24) is 10.2 Å². The lowest BCUT2D eigenvalue weighted by Crippen LogP contribution is -2.54. The van der Waals surface area contributed by atoms with Gasteiger partial charge in [-0.1, -0.05) is 90.3 Å². The number of rotatable bonds is 12. The first kappa shape index (κ1) is 31.7. The number of carbonyl (C=O) groups is 2. The van der Waals surface area contributed by atoms with E-state index in [1.807, 2.05) is 44.2 Å². The molecule has 1 N–H and O–H groups in total. The van der Waals surface area contributed by atoms with E-state index in [4.69, 9.17) is 34.8 Å². The number of halogens is 3. The van der Waals surface area contributed by atoms with Crippen molar-refractivity contribution in [3.05, 3.63) is 99.0 Å². The summed E-state index contributed by atoms with van der Waals surface area (Å²) in [5.74, 6) is -0.953. The SMILES string of the molecule is CCC(C)NC(=O)C(Cc1ccccc1)N(Cc1ccccc1Cl)C(=O)CN(c1ccc(Cl)cc1Cl)S(C)(=O)=O. The molecule has 0 heterocycles. The quantitative estimate of drug-likeness (QED) is 0.269. The van der Waals surface area contributed by atoms with E-state index >= 15 is 0 Å². The molecule has 0 fully saturated rings. The molecule has 0 aliphatic carbocycles. The average Bonchev–Trinajstić information content (AvgIpc) is 2.90. The molecule has 0 aliphatic heterocycles. The van der Waals surface area contributed by atoms with Crippen LogP contribution in [0.4, 0.5) is 5.69 Å². The van der Waals surface area contributed by atoms with Crippen molar-refractivity contribution in [3.8, 4) is 0 Å². The third-order valence-electron chi connectivity index (χ3n) is 6.43. The lowest BCUT2D eigenvalue weighted by atomic mass is 10.0. The van der Waals surface area contributed by atoms with Crippen molar-refractivity contribution < 1.29 is 18.0 Å². The Morgan fingerprint density at radius 1 is 0.925 bits per heavy atom. The van der Waals surface area contributed by atoms with E-state index < -0.39 is 28.5 Å². The van der Waals surface area contributed by atoms with Crippen molar-refractivity contribution in [2.75, 3.05) is 17.1 Å². The first-order valence-electron chi connectivity index (χ1n) is 12.7. The molecule has 0 aliphatic rings. The smallest absolute Gasteiger partial charge is 0.244 e. The standard InChI is InChI=1S/C29H32Cl3N3O4S/c1-4-20(2)33-29(37)27(16-21-10-6-5-7-11-21)34(18-22-12-8-9-13-24(22)31)28(36)19-35(40(3,38)39)26-15-14-23(30)17-25(26)32/h5-15,17,20,27H,4,16,18-19H2,1-3H3,(H,33,37). The first-order chi connectivity index (χ1) is 18.9. The van der Waals surface area contributed by atoms with Crippen molar-refractivity contribution in [2.45, 2.75) is 45.3 Å². The molecule has 3 aromatic carbocycles. The van der Waals surface area contributed by atoms with E-state index in [1.54, 1.807) is 24.3 Å². The number of hydrogen-bond acceptors (Lipinski definition) is 4. The highest BCUT2D eigenvalue weighted by molar-refractivity contribution is 7.92. The fourth-order valence-electron chi connectivity index (χ4n) is 4.08. The maximum atomic E-state index is 14.1. The molecule has 0 saturated carbocycles. The van der Waals surface area contributed by atoms with Gasteiger partial charge in [-0.3, -0.25) is 13.9 Å². The number of benzene rings is 3. The van der Waals surface area contributed by atoms with Crippen LogP contribution in [-0.4, -0.2) is 50.0 Å². The monoisotopic (exact) mass is 623 g/mol. The number of carbonyl (C=O) groups excluding carboxylic acids is 2. The van der Waals surface area contributed by atoms with Crippen LogP contribution in [0.15, 0.2) is 72.8 Å². The maximum Gasteiger partial charge on any atom is 0.244 e. The number of sulfonamides is 1. The summed E-state index contributed by atoms with van der Waals surface area (Å²) in [7, 11) is -3.96. The molecular formula is C29H32Cl3N3O4S. The van der Waals surface area contributed by atoms with Gasteiger partial charge in [0.05, 0.1) is 17.0 Å². The fourth-order valence-corrected chi connectivity index (χ4v) is 5.70. The van der Waals surface area contributed by atoms with Crippen LogP contribution >= 0.6 is 34.8 Å². The van der Waals surface area contributed by atoms with Gasteiger partial charge in [-0.2, -0.15) is 0 Å². The van der Waals surface area contributed by atoms with Crippen LogP contribution in [0, 0.1) is 0 Å². The molecule has 0 saturated heterocycles. The Morgan fingerprint density at radius 3 is 2.17 bits per heavy atom. The van der Waals surface area contributed by atoms with Gasteiger partial charge in [-0.25, -0.2) is 8.42 Å². The fraction of sp³-hybridized carbons (Fsp3) is 0.310. The van der Waals surface area contributed by atoms with Gasteiger partial charge in [0, 0.05) is 29.1 Å². The van der Waals surface area contributed by atoms with E-state index in [1.165, 1.54) is 23.1 Å². The van der Waals surface area contributed by atoms with Gasteiger partial charge in [0.15, 0.2) is 0 Å². The highest BCUT2D eigenvalue weighted by Crippen LogP contribution is 2.31. The topological polar surface area (TPSA) is 86.8 Å². The zero-order chi connectivity index (χ0) is 29.4. The van der Waals surface area contributed by atoms with Crippen molar-refractivity contribution in [2.24, 2.45) is 0 Å². The third kappa shape index (κ3) is 8.61. The van der Waals surface area contributed by atoms with Crippen LogP contribution in [0.3, 0.4) is 0 Å². The summed E-state index contributed by atoms with van der Waals surface area (Å²) in [6.45, 7) is 3.22. The first-order valence-corrected chi connectivity index (χ1v) is 15.7. The molecule has 3 rings (SSSR count). The molecule has 2 atom stereocenters. The maximum absolute atomic E-state index is 14.1. The predicted molar refractivity (Wildman–Crippen MR) is 162 cm³/mol. The molecule has 0 radical (unpaired) electrons. The van der Waals surface area contributed by atoms with Crippen LogP contribution in [0.25, 0.3) is 0 Å². The Balaban J connectivity index is 2.09. The molecular weight excluding hydrogens is 593 g/mol. The highest BCUT2D eigenvalue weighted by atomic mass is 35.5. The molecule has 2 amide bonds. The van der Waals surface area contributed by atoms with Crippen LogP contribution in [0.5, 0.6) is 0 Å². The van der Waals surface area contributed by atoms with E-state index in [2.05, 4.69) is 5.32 Å². The summed E-state index contributed by atoms with van der Waals surface area (Å²) in [6.07, 6.45) is 1.89. The minimum Gasteiger partial charge on any atom is -0.352 e. The number of amides is 2. The Bertz CT molecular complexity index is 1440. The van der Waals surface area contributed by atoms with Crippen molar-refractivity contribution in [3.63, 3.8) is 0 Å². The van der Waals surface area contributed by atoms with E-state index in [0.29, 0.717) is 22.0 Å². The Hall–Kier alpha value is -2.78. The predicted octanol–water partition coefficient (Wildman–Crippen LogP) is 5.97. The third-order valence-corrected chi connectivity index (χ3v) is 8.46. The van der Waals surface area contributed by atoms with Crippen molar-refractivity contribution >= 4 is 62.3 Å². The second-order valence-electron chi connectivity index (χ2n) is 9.50. The summed E-state index contributed by atoms with van der Waals surface area (Å²) in [5.41, 5.74) is 1.55. The van der Waals surface area contributed by atoms with E-state index in [0.717, 1.165) is 16.1 Å². The summed E-state index contributed by atoms with van der Waals surface area (Å²) in [5, 5.41) is 3.79. The summed E-state index contributed by atoms with van der Waals surface area (Å²) >= 11 is 18.8. The van der Waals surface area contributed by atoms with Gasteiger partial charge in [0.2, 0.25) is 21.8 Å². The van der Waals surface area contributed by atoms with Gasteiger partial charge in [-0.05, 0) is 48.7 Å². The molecule has 214 valence electrons. The summed E-state index contributed by atoms with van der Waals surface area (Å²) < 4.78 is 26.7. The van der Waals surface area contributed by atoms with Gasteiger partial charge >= 0.3 is 0 Å². The molecule has 40 heavy (non-hydrogen) atoms. The van der Waals surface area contributed by atoms with Gasteiger partial charge in [-0.15, -0.1) is 0 Å². The molecule has 0 bridgehead atoms. The van der Waals surface area contributed by atoms with Crippen LogP contribution in [0.2, 0.25) is 15.1 Å². The highest BCUT2D eigenvalue weighted by Gasteiger charge is 2.34. The number of nitrogens with one attached hydrogen (secondary N) is 1. The average molecular weight is 625 g/mol. The normalized spacial score (nSPS) is 12.8. The number of anilines is 1. The largest absolute Gasteiger partial charge is 0.352 e. The minimum absolute atomic E-state index is 0.0180. The number of nitrogens with zero attached hydrogens (tertiary/aromatic N) is 2. The summed E-state index contributed by atoms with van der Waals surface area (Å²) in [6, 6.07) is 19.6. The molecule has 7 nitrogen and oxygen atoms in total. The van der Waals surface area contributed by atoms with Gasteiger partial charge in [0.25, 0.3) is 0 Å². The van der Waals surface area contributed by atoms with E-state index in [-0.39, 0.29) is 35.6 Å². The Morgan fingerprint density at radius 2 is 1.57 bits per heavy atom. The Kier molecular flexibility index (Phi) is 11.3. The zero-order valence-electron chi connectivity index (χ0n) is 22.5. The molecule has 3 aromatic rings. The lowest BCUT2D eigenvalue weighted by molar-refractivity contribution is -0.140. The summed E-state index contributed by atoms with van der Waals surface area (Å²) in [4.78, 5) is 29.1. The lowest BCUT2D eigenvalue weighted by Gasteiger charge is -2.34. The van der Waals surface area contributed by atoms with E-state index in [9.17, 15) is 18.0 Å². The molecule has 0 spiro atoms. The van der Waals surface area contributed by atoms with Crippen molar-refractivity contribution in [1.29, 1.82) is 0 Å². The second-order valence-corrected chi connectivity index (χ2v) is 12.7. The van der Waals surface area contributed by atoms with Crippen LogP contribution in [-0.2, 0) is 32.6 Å².